The molecule has 1 amide bonds. The van der Waals surface area contributed by atoms with Crippen molar-refractivity contribution in [3.8, 4) is 0 Å². The second-order valence-corrected chi connectivity index (χ2v) is 6.20. The van der Waals surface area contributed by atoms with Gasteiger partial charge in [0, 0.05) is 30.9 Å². The minimum atomic E-state index is -0.0431. The Bertz CT molecular complexity index is 427. The van der Waals surface area contributed by atoms with Crippen LogP contribution in [0, 0.1) is 0 Å². The van der Waals surface area contributed by atoms with Gasteiger partial charge in [-0.1, -0.05) is 6.92 Å². The summed E-state index contributed by atoms with van der Waals surface area (Å²) in [5, 5.41) is 5.87. The van der Waals surface area contributed by atoms with Gasteiger partial charge in [0.2, 0.25) is 0 Å². The van der Waals surface area contributed by atoms with Crippen molar-refractivity contribution in [3.05, 3.63) is 16.1 Å². The Morgan fingerprint density at radius 1 is 1.55 bits per heavy atom. The van der Waals surface area contributed by atoms with Crippen LogP contribution in [0.1, 0.15) is 41.7 Å². The normalized spacial score (nSPS) is 17.3. The Morgan fingerprint density at radius 2 is 2.30 bits per heavy atom. The third-order valence-electron chi connectivity index (χ3n) is 3.61. The van der Waals surface area contributed by atoms with Gasteiger partial charge < -0.3 is 16.0 Å². The fraction of sp³-hybridized carbons (Fsp3) is 0.714. The van der Waals surface area contributed by atoms with Crippen molar-refractivity contribution in [2.75, 3.05) is 26.2 Å². The zero-order valence-electron chi connectivity index (χ0n) is 12.1. The molecule has 3 N–H and O–H groups in total. The molecule has 5 nitrogen and oxygen atoms in total. The molecule has 0 spiro atoms. The first-order valence-electron chi connectivity index (χ1n) is 7.40. The lowest BCUT2D eigenvalue weighted by Crippen LogP contribution is -2.44. The molecule has 2 rings (SSSR count). The summed E-state index contributed by atoms with van der Waals surface area (Å²) in [6, 6.07) is 0.287. The highest BCUT2D eigenvalue weighted by Crippen LogP contribution is 2.13. The second-order valence-electron chi connectivity index (χ2n) is 5.25. The molecule has 6 heteroatoms. The Hall–Kier alpha value is -0.980. The van der Waals surface area contributed by atoms with Crippen molar-refractivity contribution in [3.63, 3.8) is 0 Å². The van der Waals surface area contributed by atoms with E-state index in [0.29, 0.717) is 12.2 Å². The third-order valence-corrected chi connectivity index (χ3v) is 4.51. The van der Waals surface area contributed by atoms with Gasteiger partial charge in [-0.25, -0.2) is 4.98 Å². The molecule has 1 aliphatic heterocycles. The number of nitrogens with two attached hydrogens (primary N) is 1. The molecule has 1 fully saturated rings. The zero-order chi connectivity index (χ0) is 14.4. The van der Waals surface area contributed by atoms with Crippen LogP contribution in [0.25, 0.3) is 0 Å². The summed E-state index contributed by atoms with van der Waals surface area (Å²) in [6.45, 7) is 6.09. The number of carbonyl (C=O) groups is 1. The van der Waals surface area contributed by atoms with Gasteiger partial charge in [-0.2, -0.15) is 0 Å². The number of likely N-dealkylation sites (tertiary alicyclic amines) is 1. The molecule has 0 bridgehead atoms. The Labute approximate surface area is 124 Å². The van der Waals surface area contributed by atoms with E-state index in [1.165, 1.54) is 17.8 Å². The highest BCUT2D eigenvalue weighted by molar-refractivity contribution is 7.09. The number of nitrogens with zero attached hydrogens (tertiary/aromatic N) is 2. The highest BCUT2D eigenvalue weighted by Gasteiger charge is 2.21. The van der Waals surface area contributed by atoms with Crippen LogP contribution in [-0.4, -0.2) is 48.0 Å². The zero-order valence-corrected chi connectivity index (χ0v) is 12.9. The summed E-state index contributed by atoms with van der Waals surface area (Å²) >= 11 is 1.51. The van der Waals surface area contributed by atoms with Crippen molar-refractivity contribution in [1.82, 2.24) is 15.2 Å². The van der Waals surface area contributed by atoms with E-state index in [9.17, 15) is 4.79 Å². The number of piperidine rings is 1. The first-order valence-corrected chi connectivity index (χ1v) is 8.28. The molecule has 20 heavy (non-hydrogen) atoms. The molecule has 0 aromatic carbocycles. The van der Waals surface area contributed by atoms with E-state index in [1.54, 1.807) is 0 Å². The average Bonchev–Trinajstić information content (AvgIpc) is 2.90. The number of nitrogens with one attached hydrogen (secondary N) is 1. The lowest BCUT2D eigenvalue weighted by atomic mass is 10.0. The van der Waals surface area contributed by atoms with Gasteiger partial charge in [0.1, 0.15) is 5.69 Å². The molecule has 0 atom stereocenters. The van der Waals surface area contributed by atoms with Crippen LogP contribution < -0.4 is 11.1 Å². The quantitative estimate of drug-likeness (QED) is 0.829. The highest BCUT2D eigenvalue weighted by atomic mass is 32.1. The van der Waals surface area contributed by atoms with Crippen molar-refractivity contribution >= 4 is 17.2 Å². The molecule has 112 valence electrons. The number of hydrogen-bond donors (Lipinski definition) is 2. The maximum atomic E-state index is 12.1. The molecule has 2 heterocycles. The Kier molecular flexibility index (Phi) is 5.94. The topological polar surface area (TPSA) is 71.2 Å². The largest absolute Gasteiger partial charge is 0.348 e. The number of hydrogen-bond acceptors (Lipinski definition) is 5. The molecule has 1 saturated heterocycles. The average molecular weight is 296 g/mol. The molecule has 1 aromatic heterocycles. The third kappa shape index (κ3) is 4.26. The van der Waals surface area contributed by atoms with Gasteiger partial charge in [-0.15, -0.1) is 11.3 Å². The predicted octanol–water partition coefficient (Wildman–Crippen LogP) is 1.25. The molecule has 1 aromatic rings. The van der Waals surface area contributed by atoms with Crippen molar-refractivity contribution in [2.45, 2.75) is 38.6 Å². The minimum absolute atomic E-state index is 0.0431. The number of aromatic nitrogens is 1. The fourth-order valence-electron chi connectivity index (χ4n) is 2.53. The molecule has 0 radical (unpaired) electrons. The van der Waals surface area contributed by atoms with E-state index in [4.69, 9.17) is 5.73 Å². The smallest absolute Gasteiger partial charge is 0.270 e. The van der Waals surface area contributed by atoms with Crippen LogP contribution in [0.3, 0.4) is 0 Å². The lowest BCUT2D eigenvalue weighted by Gasteiger charge is -2.31. The monoisotopic (exact) mass is 296 g/mol. The summed E-state index contributed by atoms with van der Waals surface area (Å²) in [5.74, 6) is -0.0431. The van der Waals surface area contributed by atoms with E-state index in [2.05, 4.69) is 22.1 Å². The van der Waals surface area contributed by atoms with Gasteiger partial charge >= 0.3 is 0 Å². The maximum absolute atomic E-state index is 12.1. The van der Waals surface area contributed by atoms with Crippen LogP contribution >= 0.6 is 11.3 Å². The lowest BCUT2D eigenvalue weighted by molar-refractivity contribution is 0.0906. The number of amides is 1. The van der Waals surface area contributed by atoms with Crippen LogP contribution in [-0.2, 0) is 6.42 Å². The molecular formula is C14H24N4OS. The SMILES string of the molecule is CCCN1CCC(NC(=O)c2csc(CCN)n2)CC1. The summed E-state index contributed by atoms with van der Waals surface area (Å²) in [6.07, 6.45) is 4.00. The second kappa shape index (κ2) is 7.71. The Morgan fingerprint density at radius 3 is 2.95 bits per heavy atom. The molecule has 0 aliphatic carbocycles. The minimum Gasteiger partial charge on any atom is -0.348 e. The fourth-order valence-corrected chi connectivity index (χ4v) is 3.32. The summed E-state index contributed by atoms with van der Waals surface area (Å²) in [4.78, 5) is 18.9. The first-order chi connectivity index (χ1) is 9.72. The van der Waals surface area contributed by atoms with Gasteiger partial charge in [0.25, 0.3) is 5.91 Å². The molecule has 0 unspecified atom stereocenters. The van der Waals surface area contributed by atoms with E-state index in [-0.39, 0.29) is 11.9 Å². The van der Waals surface area contributed by atoms with Crippen LogP contribution in [0.2, 0.25) is 0 Å². The van der Waals surface area contributed by atoms with Crippen LogP contribution in [0.5, 0.6) is 0 Å². The van der Waals surface area contributed by atoms with Crippen molar-refractivity contribution < 1.29 is 4.79 Å². The molecule has 1 aliphatic rings. The Balaban J connectivity index is 1.79. The molecule has 0 saturated carbocycles. The predicted molar refractivity (Wildman–Crippen MR) is 82.1 cm³/mol. The summed E-state index contributed by atoms with van der Waals surface area (Å²) in [7, 11) is 0. The van der Waals surface area contributed by atoms with Crippen molar-refractivity contribution in [1.29, 1.82) is 0 Å². The van der Waals surface area contributed by atoms with Gasteiger partial charge in [-0.05, 0) is 32.4 Å². The van der Waals surface area contributed by atoms with E-state index in [1.807, 2.05) is 5.38 Å². The standard InChI is InChI=1S/C14H24N4OS/c1-2-7-18-8-4-11(5-9-18)16-14(19)12-10-20-13(17-12)3-6-15/h10-11H,2-9,15H2,1H3,(H,16,19). The van der Waals surface area contributed by atoms with E-state index in [0.717, 1.165) is 43.9 Å². The van der Waals surface area contributed by atoms with Gasteiger partial charge in [0.15, 0.2) is 0 Å². The number of rotatable bonds is 6. The van der Waals surface area contributed by atoms with Crippen molar-refractivity contribution in [2.24, 2.45) is 5.73 Å². The number of thiazole rings is 1. The number of carbonyl (C=O) groups excluding carboxylic acids is 1. The molecular weight excluding hydrogens is 272 g/mol. The van der Waals surface area contributed by atoms with Gasteiger partial charge in [-0.3, -0.25) is 4.79 Å². The van der Waals surface area contributed by atoms with Crippen LogP contribution in [0.4, 0.5) is 0 Å². The van der Waals surface area contributed by atoms with E-state index >= 15 is 0 Å². The first kappa shape index (κ1) is 15.4. The summed E-state index contributed by atoms with van der Waals surface area (Å²) in [5.41, 5.74) is 6.03. The van der Waals surface area contributed by atoms with Crippen LogP contribution in [0.15, 0.2) is 5.38 Å². The van der Waals surface area contributed by atoms with E-state index < -0.39 is 0 Å². The summed E-state index contributed by atoms with van der Waals surface area (Å²) < 4.78 is 0. The maximum Gasteiger partial charge on any atom is 0.270 e. The van der Waals surface area contributed by atoms with Gasteiger partial charge in [0.05, 0.1) is 5.01 Å².